The highest BCUT2D eigenvalue weighted by Gasteiger charge is 2.59. The van der Waals surface area contributed by atoms with Gasteiger partial charge in [-0.25, -0.2) is 16.7 Å². The Morgan fingerprint density at radius 3 is 1.15 bits per heavy atom. The molecule has 24 nitrogen and oxygen atoms in total. The first-order valence-electron chi connectivity index (χ1n) is 33.7. The molecule has 1 aliphatic rings. The van der Waals surface area contributed by atoms with Crippen LogP contribution in [0.15, 0.2) is 0 Å². The van der Waals surface area contributed by atoms with Crippen LogP contribution >= 0.6 is 0 Å². The van der Waals surface area contributed by atoms with Gasteiger partial charge in [0.25, 0.3) is 11.7 Å². The number of nitrogens with one attached hydrogen (secondary N) is 2. The van der Waals surface area contributed by atoms with E-state index in [2.05, 4.69) is 37.0 Å². The molecule has 1 saturated heterocycles. The van der Waals surface area contributed by atoms with Crippen molar-refractivity contribution in [3.8, 4) is 0 Å². The van der Waals surface area contributed by atoms with Gasteiger partial charge in [-0.05, 0) is 12.8 Å². The molecule has 89 heavy (non-hydrogen) atoms. The van der Waals surface area contributed by atoms with Crippen LogP contribution in [0.25, 0.3) is 0 Å². The zero-order chi connectivity index (χ0) is 66.3. The molecule has 0 radical (unpaired) electrons. The molecule has 6 N–H and O–H groups in total. The van der Waals surface area contributed by atoms with Crippen LogP contribution in [-0.2, 0) is 86.9 Å². The molecule has 0 unspecified atom stereocenters. The number of carbonyl (C=O) groups is 2. The molecule has 1 fully saturated rings. The first-order chi connectivity index (χ1) is 42.2. The van der Waals surface area contributed by atoms with Crippen molar-refractivity contribution in [2.24, 2.45) is 5.41 Å². The van der Waals surface area contributed by atoms with Crippen LogP contribution in [0.3, 0.4) is 0 Å². The van der Waals surface area contributed by atoms with Crippen LogP contribution in [0, 0.1) is 5.41 Å². The highest BCUT2D eigenvalue weighted by atomic mass is 32.3. The predicted octanol–water partition coefficient (Wildman–Crippen LogP) is 12.8. The maximum atomic E-state index is 14.6. The fourth-order valence-corrected chi connectivity index (χ4v) is 13.1. The Labute approximate surface area is 537 Å². The van der Waals surface area contributed by atoms with E-state index in [1.54, 1.807) is 6.92 Å². The Bertz CT molecular complexity index is 2220. The Morgan fingerprint density at radius 2 is 0.854 bits per heavy atom. The van der Waals surface area contributed by atoms with Crippen LogP contribution in [0.1, 0.15) is 291 Å². The highest BCUT2D eigenvalue weighted by molar-refractivity contribution is 7.81. The summed E-state index contributed by atoms with van der Waals surface area (Å²) in [7, 11) is -21.9. The lowest BCUT2D eigenvalue weighted by molar-refractivity contribution is -0.291. The van der Waals surface area contributed by atoms with E-state index < -0.39 is 108 Å². The molecule has 6 atom stereocenters. The van der Waals surface area contributed by atoms with Gasteiger partial charge in [-0.3, -0.25) is 27.8 Å². The van der Waals surface area contributed by atoms with Gasteiger partial charge in [0.1, 0.15) is 24.4 Å². The SMILES string of the molecule is CCCCCCCCCCCCCCCCCCCCCCOCC(C)(CNC(=O)[C@]1(OC)C[C@H](OS(=O)(=O)O)[C@@H](NC(C)=O)[C@H]([C@H](OS(=O)(=O)O)[C@@H](COS(=O)(=O)O)OS(=O)(=O)O)O1)COCCCCCCCCCCCCCCCCCCCCCC. The zero-order valence-corrected chi connectivity index (χ0v) is 58.2. The third-order valence-electron chi connectivity index (χ3n) is 16.3. The number of hydrogen-bond donors (Lipinski definition) is 6. The number of rotatable bonds is 62. The fourth-order valence-electron chi connectivity index (χ4n) is 11.3. The lowest BCUT2D eigenvalue weighted by Crippen LogP contribution is -2.70. The van der Waals surface area contributed by atoms with Gasteiger partial charge in [0.15, 0.2) is 0 Å². The molecule has 0 spiro atoms. The number of carbonyl (C=O) groups excluding carboxylic acids is 2. The standard InChI is InChI=1S/C61H120N2O22S4/c1-6-8-10-12-14-16-18-20-22-24-26-28-30-32-34-36-38-40-42-44-46-79-51-60(4,52-80-47-45-43-41-39-37-35-33-31-29-27-25-23-21-19-17-15-13-11-9-7-2)50-62-59(65)61(78-5)48-54(83-87(69,70)71)56(63-53(3)64)58(82-61)57(85-89(75,76)77)55(84-88(72,73)74)49-81-86(66,67)68/h54-58H,6-52H2,1-5H3,(H,62,65)(H,63,64)(H,66,67,68)(H,69,70,71)(H,72,73,74)(H,75,76,77)/t54-,55+,56+,57+,58+,61-/m0/s1. The van der Waals surface area contributed by atoms with E-state index in [-0.39, 0.29) is 19.8 Å². The second-order valence-corrected chi connectivity index (χ2v) is 29.1. The Balaban J connectivity index is 3.06. The van der Waals surface area contributed by atoms with E-state index in [4.69, 9.17) is 23.1 Å². The second-order valence-electron chi connectivity index (χ2n) is 24.8. The maximum Gasteiger partial charge on any atom is 0.397 e. The van der Waals surface area contributed by atoms with E-state index >= 15 is 0 Å². The zero-order valence-electron chi connectivity index (χ0n) is 54.9. The average Bonchev–Trinajstić information content (AvgIpc) is 0.780. The second kappa shape index (κ2) is 49.8. The summed E-state index contributed by atoms with van der Waals surface area (Å²) in [6, 6.07) is -2.16. The third-order valence-corrected chi connectivity index (χ3v) is 18.1. The van der Waals surface area contributed by atoms with Crippen LogP contribution < -0.4 is 10.6 Å². The summed E-state index contributed by atoms with van der Waals surface area (Å²) in [6.07, 6.45) is 38.3. The number of hydrogen-bond acceptors (Lipinski definition) is 18. The minimum atomic E-state index is -5.88. The van der Waals surface area contributed by atoms with Crippen molar-refractivity contribution in [3.63, 3.8) is 0 Å². The molecule has 530 valence electrons. The van der Waals surface area contributed by atoms with E-state index in [9.17, 15) is 61.5 Å². The van der Waals surface area contributed by atoms with Gasteiger partial charge in [-0.1, -0.05) is 265 Å². The van der Waals surface area contributed by atoms with Crippen LogP contribution in [0.2, 0.25) is 0 Å². The van der Waals surface area contributed by atoms with E-state index in [1.807, 2.05) is 0 Å². The fraction of sp³-hybridized carbons (Fsp3) is 0.967. The number of ether oxygens (including phenoxy) is 4. The summed E-state index contributed by atoms with van der Waals surface area (Å²) in [5, 5.41) is 4.80. The Morgan fingerprint density at radius 1 is 0.517 bits per heavy atom. The van der Waals surface area contributed by atoms with Gasteiger partial charge in [-0.2, -0.15) is 33.7 Å². The smallest absolute Gasteiger partial charge is 0.381 e. The average molecular weight is 1360 g/mol. The molecule has 0 aromatic heterocycles. The molecular weight excluding hydrogens is 1240 g/mol. The summed E-state index contributed by atoms with van der Waals surface area (Å²) in [5.74, 6) is -5.17. The van der Waals surface area contributed by atoms with Crippen molar-refractivity contribution in [3.05, 3.63) is 0 Å². The maximum absolute atomic E-state index is 14.6. The van der Waals surface area contributed by atoms with Gasteiger partial charge in [-0.15, -0.1) is 0 Å². The Hall–Kier alpha value is -1.74. The van der Waals surface area contributed by atoms with Gasteiger partial charge in [0, 0.05) is 45.6 Å². The molecule has 0 saturated carbocycles. The summed E-state index contributed by atoms with van der Waals surface area (Å²) in [6.45, 7) is 6.07. The van der Waals surface area contributed by atoms with Crippen LogP contribution in [-0.4, -0.2) is 147 Å². The minimum Gasteiger partial charge on any atom is -0.381 e. The van der Waals surface area contributed by atoms with Crippen molar-refractivity contribution in [2.45, 2.75) is 327 Å². The minimum absolute atomic E-state index is 0.0703. The third kappa shape index (κ3) is 46.9. The number of methoxy groups -OCH3 is 1. The van der Waals surface area contributed by atoms with Crippen molar-refractivity contribution >= 4 is 53.4 Å². The highest BCUT2D eigenvalue weighted by Crippen LogP contribution is 2.37. The molecule has 28 heteroatoms. The van der Waals surface area contributed by atoms with E-state index in [0.717, 1.165) is 65.4 Å². The Kier molecular flexibility index (Phi) is 47.7. The molecule has 0 aromatic rings. The molecule has 0 aromatic carbocycles. The first kappa shape index (κ1) is 85.3. The van der Waals surface area contributed by atoms with Crippen LogP contribution in [0.4, 0.5) is 0 Å². The predicted molar refractivity (Wildman–Crippen MR) is 342 cm³/mol. The number of unbranched alkanes of at least 4 members (excludes halogenated alkanes) is 38. The summed E-state index contributed by atoms with van der Waals surface area (Å²) in [4.78, 5) is 27.2. The molecular formula is C61H120N2O22S4. The largest absolute Gasteiger partial charge is 0.397 e. The van der Waals surface area contributed by atoms with Crippen molar-refractivity contribution < 1.29 is 97.2 Å². The van der Waals surface area contributed by atoms with Gasteiger partial charge < -0.3 is 29.6 Å². The van der Waals surface area contributed by atoms with Crippen LogP contribution in [0.5, 0.6) is 0 Å². The summed E-state index contributed by atoms with van der Waals surface area (Å²) in [5.41, 5.74) is -0.971. The molecule has 0 aliphatic carbocycles. The molecule has 1 rings (SSSR count). The van der Waals surface area contributed by atoms with Gasteiger partial charge >= 0.3 is 41.6 Å². The quantitative estimate of drug-likeness (QED) is 0.0243. The lowest BCUT2D eigenvalue weighted by atomic mass is 9.87. The van der Waals surface area contributed by atoms with Gasteiger partial charge in [0.05, 0.1) is 25.9 Å². The monoisotopic (exact) mass is 1360 g/mol. The van der Waals surface area contributed by atoms with Crippen molar-refractivity contribution in [1.29, 1.82) is 0 Å². The van der Waals surface area contributed by atoms with Crippen molar-refractivity contribution in [2.75, 3.05) is 46.7 Å². The van der Waals surface area contributed by atoms with E-state index in [0.29, 0.717) is 13.2 Å². The summed E-state index contributed by atoms with van der Waals surface area (Å²) < 4.78 is 178. The van der Waals surface area contributed by atoms with Crippen molar-refractivity contribution in [1.82, 2.24) is 10.6 Å². The lowest BCUT2D eigenvalue weighted by Gasteiger charge is -2.48. The number of amides is 2. The van der Waals surface area contributed by atoms with Gasteiger partial charge in [0.2, 0.25) is 5.91 Å². The van der Waals surface area contributed by atoms with E-state index in [1.165, 1.54) is 205 Å². The molecule has 1 aliphatic heterocycles. The molecule has 2 amide bonds. The topological polar surface area (TPSA) is 350 Å². The normalized spacial score (nSPS) is 18.5. The summed E-state index contributed by atoms with van der Waals surface area (Å²) >= 11 is 0. The molecule has 1 heterocycles. The molecule has 0 bridgehead atoms. The first-order valence-corrected chi connectivity index (χ1v) is 39.2.